The number of nitrogens with one attached hydrogen (secondary N) is 1. The first-order valence-corrected chi connectivity index (χ1v) is 9.13. The van der Waals surface area contributed by atoms with Gasteiger partial charge in [-0.15, -0.1) is 0 Å². The van der Waals surface area contributed by atoms with Crippen LogP contribution in [-0.4, -0.2) is 45.6 Å². The fraction of sp³-hybridized carbons (Fsp3) is 0.611. The third-order valence-corrected chi connectivity index (χ3v) is 5.39. The van der Waals surface area contributed by atoms with E-state index in [1.54, 1.807) is 4.52 Å². The van der Waals surface area contributed by atoms with Gasteiger partial charge in [0.1, 0.15) is 11.4 Å². The van der Waals surface area contributed by atoms with Crippen LogP contribution in [0.2, 0.25) is 0 Å². The topological polar surface area (TPSA) is 62.5 Å². The van der Waals surface area contributed by atoms with E-state index in [0.29, 0.717) is 22.9 Å². The average molecular weight is 363 g/mol. The number of aryl methyl sites for hydroxylation is 1. The van der Waals surface area contributed by atoms with Crippen molar-refractivity contribution >= 4 is 17.4 Å². The Morgan fingerprint density at radius 2 is 2.04 bits per heavy atom. The lowest BCUT2D eigenvalue weighted by atomic mass is 10.1. The number of amides is 1. The maximum Gasteiger partial charge on any atom is 0.256 e. The summed E-state index contributed by atoms with van der Waals surface area (Å²) in [5, 5.41) is 7.29. The van der Waals surface area contributed by atoms with E-state index in [2.05, 4.69) is 15.4 Å². The Hall–Kier alpha value is -2.25. The molecule has 4 rings (SSSR count). The zero-order valence-corrected chi connectivity index (χ0v) is 15.0. The summed E-state index contributed by atoms with van der Waals surface area (Å²) in [7, 11) is 0. The second-order valence-corrected chi connectivity index (χ2v) is 7.49. The lowest BCUT2D eigenvalue weighted by Gasteiger charge is -2.32. The van der Waals surface area contributed by atoms with Gasteiger partial charge < -0.3 is 10.2 Å². The molecule has 1 N–H and O–H groups in total. The lowest BCUT2D eigenvalue weighted by molar-refractivity contribution is -0.0221. The number of nitrogens with zero attached hydrogens (tertiary/aromatic N) is 4. The van der Waals surface area contributed by atoms with Crippen LogP contribution in [0.1, 0.15) is 48.7 Å². The van der Waals surface area contributed by atoms with Gasteiger partial charge >= 0.3 is 0 Å². The summed E-state index contributed by atoms with van der Waals surface area (Å²) >= 11 is 0. The van der Waals surface area contributed by atoms with Gasteiger partial charge in [0.15, 0.2) is 5.65 Å². The molecule has 2 aromatic rings. The summed E-state index contributed by atoms with van der Waals surface area (Å²) in [6.45, 7) is 4.39. The molecule has 1 atom stereocenters. The summed E-state index contributed by atoms with van der Waals surface area (Å²) in [6.07, 6.45) is 3.47. The highest BCUT2D eigenvalue weighted by molar-refractivity contribution is 6.00. The van der Waals surface area contributed by atoms with Gasteiger partial charge in [0.25, 0.3) is 11.8 Å². The number of carbonyl (C=O) groups excluding carboxylic acids is 1. The van der Waals surface area contributed by atoms with E-state index in [1.165, 1.54) is 6.20 Å². The monoisotopic (exact) mass is 363 g/mol. The number of rotatable bonds is 4. The van der Waals surface area contributed by atoms with Gasteiger partial charge in [-0.25, -0.2) is 18.3 Å². The molecule has 6 nitrogen and oxygen atoms in total. The van der Waals surface area contributed by atoms with Crippen LogP contribution in [0.25, 0.3) is 5.65 Å². The van der Waals surface area contributed by atoms with Crippen molar-refractivity contribution in [1.29, 1.82) is 0 Å². The van der Waals surface area contributed by atoms with Crippen LogP contribution in [0.15, 0.2) is 12.3 Å². The fourth-order valence-electron chi connectivity index (χ4n) is 3.48. The molecule has 1 amide bonds. The van der Waals surface area contributed by atoms with E-state index >= 15 is 0 Å². The second-order valence-electron chi connectivity index (χ2n) is 7.49. The van der Waals surface area contributed by atoms with Crippen LogP contribution in [0, 0.1) is 12.8 Å². The molecule has 3 heterocycles. The minimum absolute atomic E-state index is 0.131. The minimum Gasteiger partial charge on any atom is -0.356 e. The highest BCUT2D eigenvalue weighted by atomic mass is 19.3. The van der Waals surface area contributed by atoms with E-state index in [0.717, 1.165) is 18.5 Å². The molecule has 2 fully saturated rings. The first-order valence-electron chi connectivity index (χ1n) is 9.13. The standard InChI is InChI=1S/C18H23F2N5O/c1-11-9-15(24-7-5-18(19,20)6-8-24)23-16-14(10-21-25(11)16)17(26)22-12(2)13-3-4-13/h9-10,12-13H,3-8H2,1-2H3,(H,22,26). The van der Waals surface area contributed by atoms with Crippen LogP contribution < -0.4 is 10.2 Å². The maximum absolute atomic E-state index is 13.4. The van der Waals surface area contributed by atoms with Crippen LogP contribution in [0.5, 0.6) is 0 Å². The Kier molecular flexibility index (Phi) is 4.08. The van der Waals surface area contributed by atoms with Crippen molar-refractivity contribution < 1.29 is 13.6 Å². The normalized spacial score (nSPS) is 21.0. The van der Waals surface area contributed by atoms with Crippen molar-refractivity contribution in [2.75, 3.05) is 18.0 Å². The van der Waals surface area contributed by atoms with Crippen LogP contribution >= 0.6 is 0 Å². The molecule has 2 aromatic heterocycles. The van der Waals surface area contributed by atoms with Crippen molar-refractivity contribution in [3.8, 4) is 0 Å². The number of hydrogen-bond acceptors (Lipinski definition) is 4. The third kappa shape index (κ3) is 3.24. The molecular formula is C18H23F2N5O. The predicted molar refractivity (Wildman–Crippen MR) is 93.8 cm³/mol. The Morgan fingerprint density at radius 3 is 2.69 bits per heavy atom. The molecule has 1 saturated carbocycles. The van der Waals surface area contributed by atoms with E-state index in [4.69, 9.17) is 0 Å². The highest BCUT2D eigenvalue weighted by Crippen LogP contribution is 2.33. The third-order valence-electron chi connectivity index (χ3n) is 5.39. The molecule has 2 aliphatic rings. The Morgan fingerprint density at radius 1 is 1.35 bits per heavy atom. The van der Waals surface area contributed by atoms with Gasteiger partial charge in [-0.05, 0) is 32.6 Å². The first-order chi connectivity index (χ1) is 12.3. The Bertz CT molecular complexity index is 835. The van der Waals surface area contributed by atoms with Crippen LogP contribution in [0.4, 0.5) is 14.6 Å². The van der Waals surface area contributed by atoms with Gasteiger partial charge in [-0.1, -0.05) is 0 Å². The number of fused-ring (bicyclic) bond motifs is 1. The van der Waals surface area contributed by atoms with E-state index in [-0.39, 0.29) is 37.9 Å². The SMILES string of the molecule is Cc1cc(N2CCC(F)(F)CC2)nc2c(C(=O)NC(C)C3CC3)cnn12. The number of aromatic nitrogens is 3. The number of halogens is 2. The lowest BCUT2D eigenvalue weighted by Crippen LogP contribution is -2.40. The summed E-state index contributed by atoms with van der Waals surface area (Å²) in [6, 6.07) is 1.96. The fourth-order valence-corrected chi connectivity index (χ4v) is 3.48. The quantitative estimate of drug-likeness (QED) is 0.907. The van der Waals surface area contributed by atoms with E-state index in [9.17, 15) is 13.6 Å². The van der Waals surface area contributed by atoms with Crippen molar-refractivity contribution in [1.82, 2.24) is 19.9 Å². The second kappa shape index (κ2) is 6.17. The summed E-state index contributed by atoms with van der Waals surface area (Å²) in [5.74, 6) is -1.61. The maximum atomic E-state index is 13.4. The van der Waals surface area contributed by atoms with Gasteiger partial charge in [0.05, 0.1) is 6.20 Å². The Balaban J connectivity index is 1.61. The average Bonchev–Trinajstić information content (AvgIpc) is 3.34. The molecule has 0 aromatic carbocycles. The summed E-state index contributed by atoms with van der Waals surface area (Å²) in [5.41, 5.74) is 1.71. The number of carbonyl (C=O) groups is 1. The molecule has 1 unspecified atom stereocenters. The molecule has 0 radical (unpaired) electrons. The smallest absolute Gasteiger partial charge is 0.256 e. The first kappa shape index (κ1) is 17.2. The van der Waals surface area contributed by atoms with Gasteiger partial charge in [-0.2, -0.15) is 5.10 Å². The zero-order valence-electron chi connectivity index (χ0n) is 15.0. The van der Waals surface area contributed by atoms with Gasteiger partial charge in [0.2, 0.25) is 0 Å². The number of alkyl halides is 2. The van der Waals surface area contributed by atoms with Gasteiger partial charge in [0, 0.05) is 43.7 Å². The number of hydrogen-bond donors (Lipinski definition) is 1. The molecule has 26 heavy (non-hydrogen) atoms. The van der Waals surface area contributed by atoms with Crippen molar-refractivity contribution in [3.05, 3.63) is 23.5 Å². The molecule has 140 valence electrons. The molecule has 8 heteroatoms. The van der Waals surface area contributed by atoms with E-state index < -0.39 is 5.92 Å². The minimum atomic E-state index is -2.60. The summed E-state index contributed by atoms with van der Waals surface area (Å²) < 4.78 is 28.5. The molecular weight excluding hydrogens is 340 g/mol. The summed E-state index contributed by atoms with van der Waals surface area (Å²) in [4.78, 5) is 19.1. The molecule has 1 aliphatic carbocycles. The number of anilines is 1. The number of piperidine rings is 1. The molecule has 1 saturated heterocycles. The van der Waals surface area contributed by atoms with Crippen molar-refractivity contribution in [2.45, 2.75) is 51.5 Å². The molecule has 0 spiro atoms. The highest BCUT2D eigenvalue weighted by Gasteiger charge is 2.35. The van der Waals surface area contributed by atoms with Crippen molar-refractivity contribution in [3.63, 3.8) is 0 Å². The molecule has 1 aliphatic heterocycles. The van der Waals surface area contributed by atoms with Crippen molar-refractivity contribution in [2.24, 2.45) is 5.92 Å². The Labute approximate surface area is 150 Å². The van der Waals surface area contributed by atoms with E-state index in [1.807, 2.05) is 24.8 Å². The van der Waals surface area contributed by atoms with Crippen LogP contribution in [-0.2, 0) is 0 Å². The molecule has 0 bridgehead atoms. The zero-order chi connectivity index (χ0) is 18.5. The predicted octanol–water partition coefficient (Wildman–Crippen LogP) is 2.80. The van der Waals surface area contributed by atoms with Gasteiger partial charge in [-0.3, -0.25) is 4.79 Å². The van der Waals surface area contributed by atoms with Crippen LogP contribution in [0.3, 0.4) is 0 Å². The largest absolute Gasteiger partial charge is 0.356 e.